The van der Waals surface area contributed by atoms with Crippen LogP contribution >= 0.6 is 24.0 Å². The lowest BCUT2D eigenvalue weighted by atomic mass is 10.3. The summed E-state index contributed by atoms with van der Waals surface area (Å²) in [4.78, 5) is 0. The predicted molar refractivity (Wildman–Crippen MR) is 51.2 cm³/mol. The van der Waals surface area contributed by atoms with Crippen LogP contribution in [0.1, 0.15) is 13.8 Å². The third kappa shape index (κ3) is 1.11. The Balaban J connectivity index is 2.59. The van der Waals surface area contributed by atoms with Gasteiger partial charge in [0.15, 0.2) is 0 Å². The van der Waals surface area contributed by atoms with E-state index < -0.39 is 0 Å². The molecule has 2 rings (SSSR count). The lowest BCUT2D eigenvalue weighted by Crippen LogP contribution is -2.16. The first-order chi connectivity index (χ1) is 5.68. The molecule has 6 heteroatoms. The first kappa shape index (κ1) is 8.00. The van der Waals surface area contributed by atoms with Gasteiger partial charge in [0.2, 0.25) is 9.93 Å². The molecule has 2 heterocycles. The molecule has 1 aliphatic rings. The van der Waals surface area contributed by atoms with Crippen LogP contribution in [-0.2, 0) is 0 Å². The summed E-state index contributed by atoms with van der Waals surface area (Å²) in [5, 5.41) is 12.3. The molecule has 0 fully saturated rings. The standard InChI is InChI=1S/C6H8N4S2/c1-3-4(2)12-6-8-7-5(11)10(6)9-3/h4H,1-2H3,(H,7,11). The van der Waals surface area contributed by atoms with Crippen molar-refractivity contribution in [2.24, 2.45) is 5.10 Å². The maximum atomic E-state index is 4.99. The summed E-state index contributed by atoms with van der Waals surface area (Å²) in [6.45, 7) is 4.10. The van der Waals surface area contributed by atoms with Crippen molar-refractivity contribution in [2.75, 3.05) is 0 Å². The Morgan fingerprint density at radius 2 is 2.42 bits per heavy atom. The molecule has 12 heavy (non-hydrogen) atoms. The Morgan fingerprint density at radius 3 is 3.17 bits per heavy atom. The second kappa shape index (κ2) is 2.70. The van der Waals surface area contributed by atoms with Crippen LogP contribution < -0.4 is 0 Å². The van der Waals surface area contributed by atoms with Gasteiger partial charge in [-0.1, -0.05) is 11.8 Å². The van der Waals surface area contributed by atoms with Gasteiger partial charge in [-0.15, -0.1) is 5.10 Å². The third-order valence-electron chi connectivity index (χ3n) is 1.75. The van der Waals surface area contributed by atoms with E-state index in [1.165, 1.54) is 0 Å². The smallest absolute Gasteiger partial charge is 0.217 e. The highest BCUT2D eigenvalue weighted by Crippen LogP contribution is 2.26. The molecule has 0 radical (unpaired) electrons. The van der Waals surface area contributed by atoms with Crippen molar-refractivity contribution >= 4 is 29.7 Å². The van der Waals surface area contributed by atoms with Crippen LogP contribution in [0, 0.1) is 4.77 Å². The van der Waals surface area contributed by atoms with Crippen LogP contribution in [0.4, 0.5) is 0 Å². The monoisotopic (exact) mass is 200 g/mol. The molecule has 1 unspecified atom stereocenters. The Bertz CT molecular complexity index is 388. The van der Waals surface area contributed by atoms with Crippen LogP contribution in [0.5, 0.6) is 0 Å². The van der Waals surface area contributed by atoms with Crippen molar-refractivity contribution in [1.82, 2.24) is 14.9 Å². The van der Waals surface area contributed by atoms with Crippen LogP contribution in [-0.4, -0.2) is 25.8 Å². The number of rotatable bonds is 0. The summed E-state index contributed by atoms with van der Waals surface area (Å²) in [6, 6.07) is 0. The number of aromatic amines is 1. The number of H-pyrrole nitrogens is 1. The predicted octanol–water partition coefficient (Wildman–Crippen LogP) is 1.66. The van der Waals surface area contributed by atoms with E-state index in [0.29, 0.717) is 10.0 Å². The maximum Gasteiger partial charge on any atom is 0.217 e. The summed E-state index contributed by atoms with van der Waals surface area (Å²) < 4.78 is 2.22. The highest BCUT2D eigenvalue weighted by atomic mass is 32.2. The average molecular weight is 200 g/mol. The minimum absolute atomic E-state index is 0.391. The Labute approximate surface area is 79.1 Å². The summed E-state index contributed by atoms with van der Waals surface area (Å²) in [5.41, 5.74) is 1.07. The topological polar surface area (TPSA) is 46.0 Å². The molecule has 1 N–H and O–H groups in total. The zero-order chi connectivity index (χ0) is 8.72. The van der Waals surface area contributed by atoms with E-state index >= 15 is 0 Å². The van der Waals surface area contributed by atoms with Gasteiger partial charge < -0.3 is 0 Å². The lowest BCUT2D eigenvalue weighted by molar-refractivity contribution is 0.739. The first-order valence-corrected chi connectivity index (χ1v) is 4.87. The van der Waals surface area contributed by atoms with Crippen molar-refractivity contribution < 1.29 is 0 Å². The molecule has 1 aromatic rings. The molecule has 1 aliphatic heterocycles. The Morgan fingerprint density at radius 1 is 1.67 bits per heavy atom. The third-order valence-corrected chi connectivity index (χ3v) is 3.18. The minimum atomic E-state index is 0.391. The second-order valence-electron chi connectivity index (χ2n) is 2.62. The van der Waals surface area contributed by atoms with Gasteiger partial charge in [-0.3, -0.25) is 0 Å². The van der Waals surface area contributed by atoms with Crippen molar-refractivity contribution in [1.29, 1.82) is 0 Å². The molecule has 1 aromatic heterocycles. The second-order valence-corrected chi connectivity index (χ2v) is 4.32. The summed E-state index contributed by atoms with van der Waals surface area (Å²) in [5.74, 6) is 0. The summed E-state index contributed by atoms with van der Waals surface area (Å²) in [7, 11) is 0. The highest BCUT2D eigenvalue weighted by molar-refractivity contribution is 8.00. The molecule has 0 bridgehead atoms. The number of aromatic nitrogens is 3. The largest absolute Gasteiger partial charge is 0.249 e. The molecule has 0 amide bonds. The number of nitrogens with zero attached hydrogens (tertiary/aromatic N) is 3. The van der Waals surface area contributed by atoms with Gasteiger partial charge in [-0.2, -0.15) is 9.78 Å². The molecule has 0 aliphatic carbocycles. The highest BCUT2D eigenvalue weighted by Gasteiger charge is 2.18. The number of thioether (sulfide) groups is 1. The van der Waals surface area contributed by atoms with Gasteiger partial charge in [0.25, 0.3) is 0 Å². The summed E-state index contributed by atoms with van der Waals surface area (Å²) >= 11 is 6.65. The van der Waals surface area contributed by atoms with Gasteiger partial charge in [-0.25, -0.2) is 5.10 Å². The first-order valence-electron chi connectivity index (χ1n) is 3.58. The molecule has 1 atom stereocenters. The van der Waals surface area contributed by atoms with Crippen LogP contribution in [0.2, 0.25) is 0 Å². The normalized spacial score (nSPS) is 21.8. The Hall–Kier alpha value is -0.620. The zero-order valence-electron chi connectivity index (χ0n) is 6.74. The SMILES string of the molecule is CC1=Nn2c(n[nH]c2=S)SC1C. The summed E-state index contributed by atoms with van der Waals surface area (Å²) in [6.07, 6.45) is 0. The average Bonchev–Trinajstić information content (AvgIpc) is 2.35. The molecule has 0 spiro atoms. The fourth-order valence-electron chi connectivity index (χ4n) is 0.924. The van der Waals surface area contributed by atoms with E-state index in [1.807, 2.05) is 6.92 Å². The quantitative estimate of drug-likeness (QED) is 0.648. The molecule has 4 nitrogen and oxygen atoms in total. The Kier molecular flexibility index (Phi) is 1.80. The van der Waals surface area contributed by atoms with Crippen molar-refractivity contribution in [2.45, 2.75) is 24.3 Å². The van der Waals surface area contributed by atoms with E-state index in [-0.39, 0.29) is 0 Å². The molecular formula is C6H8N4S2. The van der Waals surface area contributed by atoms with Crippen LogP contribution in [0.3, 0.4) is 0 Å². The van der Waals surface area contributed by atoms with Crippen molar-refractivity contribution in [3.63, 3.8) is 0 Å². The zero-order valence-corrected chi connectivity index (χ0v) is 8.37. The van der Waals surface area contributed by atoms with Gasteiger partial charge in [0, 0.05) is 11.0 Å². The maximum absolute atomic E-state index is 4.99. The number of nitrogens with one attached hydrogen (secondary N) is 1. The lowest BCUT2D eigenvalue weighted by Gasteiger charge is -2.14. The van der Waals surface area contributed by atoms with E-state index in [4.69, 9.17) is 12.2 Å². The molecular weight excluding hydrogens is 192 g/mol. The van der Waals surface area contributed by atoms with Crippen LogP contribution in [0.25, 0.3) is 0 Å². The van der Waals surface area contributed by atoms with E-state index in [1.54, 1.807) is 16.4 Å². The van der Waals surface area contributed by atoms with E-state index in [0.717, 1.165) is 10.9 Å². The van der Waals surface area contributed by atoms with Crippen LogP contribution in [0.15, 0.2) is 10.3 Å². The van der Waals surface area contributed by atoms with Gasteiger partial charge >= 0.3 is 0 Å². The van der Waals surface area contributed by atoms with Gasteiger partial charge in [-0.05, 0) is 26.1 Å². The van der Waals surface area contributed by atoms with E-state index in [9.17, 15) is 0 Å². The minimum Gasteiger partial charge on any atom is -0.249 e. The van der Waals surface area contributed by atoms with Crippen molar-refractivity contribution in [3.05, 3.63) is 4.77 Å². The van der Waals surface area contributed by atoms with Gasteiger partial charge in [0.05, 0.1) is 0 Å². The number of hydrogen-bond donors (Lipinski definition) is 1. The molecule has 0 aromatic carbocycles. The van der Waals surface area contributed by atoms with E-state index in [2.05, 4.69) is 22.2 Å². The number of fused-ring (bicyclic) bond motifs is 1. The molecule has 0 saturated heterocycles. The number of hydrogen-bond acceptors (Lipinski definition) is 4. The van der Waals surface area contributed by atoms with Gasteiger partial charge in [0.1, 0.15) is 0 Å². The molecule has 64 valence electrons. The fourth-order valence-corrected chi connectivity index (χ4v) is 2.02. The fraction of sp³-hybridized carbons (Fsp3) is 0.500. The van der Waals surface area contributed by atoms with Crippen molar-refractivity contribution in [3.8, 4) is 0 Å². The molecule has 0 saturated carbocycles.